The van der Waals surface area contributed by atoms with Crippen molar-refractivity contribution in [3.05, 3.63) is 59.4 Å². The van der Waals surface area contributed by atoms with Crippen molar-refractivity contribution in [2.45, 2.75) is 25.8 Å². The molecule has 1 aliphatic carbocycles. The van der Waals surface area contributed by atoms with E-state index in [4.69, 9.17) is 0 Å². The van der Waals surface area contributed by atoms with Gasteiger partial charge in [0.15, 0.2) is 0 Å². The van der Waals surface area contributed by atoms with Crippen LogP contribution < -0.4 is 10.6 Å². The minimum absolute atomic E-state index is 0.0301. The van der Waals surface area contributed by atoms with E-state index in [-0.39, 0.29) is 24.3 Å². The Morgan fingerprint density at radius 1 is 1.39 bits per heavy atom. The van der Waals surface area contributed by atoms with E-state index < -0.39 is 12.7 Å². The number of halogens is 2. The molecule has 0 radical (unpaired) electrons. The van der Waals surface area contributed by atoms with Gasteiger partial charge in [0.1, 0.15) is 12.5 Å². The van der Waals surface area contributed by atoms with Gasteiger partial charge in [-0.2, -0.15) is 0 Å². The van der Waals surface area contributed by atoms with Crippen LogP contribution in [0, 0.1) is 11.7 Å². The van der Waals surface area contributed by atoms with E-state index in [9.17, 15) is 13.6 Å². The van der Waals surface area contributed by atoms with E-state index in [1.54, 1.807) is 18.2 Å². The van der Waals surface area contributed by atoms with Gasteiger partial charge in [0.05, 0.1) is 0 Å². The highest BCUT2D eigenvalue weighted by atomic mass is 19.1. The van der Waals surface area contributed by atoms with Gasteiger partial charge < -0.3 is 10.6 Å². The number of allylic oxidation sites excluding steroid dienone is 3. The first-order valence-corrected chi connectivity index (χ1v) is 7.78. The number of benzene rings is 1. The maximum atomic E-state index is 13.9. The Balaban J connectivity index is 2.11. The molecule has 0 bridgehead atoms. The van der Waals surface area contributed by atoms with Crippen LogP contribution in [0.1, 0.15) is 18.9 Å². The van der Waals surface area contributed by atoms with Crippen molar-refractivity contribution < 1.29 is 13.6 Å². The highest BCUT2D eigenvalue weighted by Crippen LogP contribution is 2.24. The molecule has 1 aromatic rings. The topological polar surface area (TPSA) is 41.1 Å². The van der Waals surface area contributed by atoms with Gasteiger partial charge in [0, 0.05) is 18.5 Å². The molecule has 2 amide bonds. The number of alkyl halides is 1. The lowest BCUT2D eigenvalue weighted by Gasteiger charge is -2.28. The maximum Gasteiger partial charge on any atom is 0.315 e. The van der Waals surface area contributed by atoms with Crippen molar-refractivity contribution in [2.24, 2.45) is 5.92 Å². The summed E-state index contributed by atoms with van der Waals surface area (Å²) >= 11 is 0. The summed E-state index contributed by atoms with van der Waals surface area (Å²) in [6, 6.07) is 5.87. The molecule has 0 heterocycles. The first-order chi connectivity index (χ1) is 11.1. The molecule has 2 atom stereocenters. The molecule has 23 heavy (non-hydrogen) atoms. The molecule has 1 aromatic carbocycles. The van der Waals surface area contributed by atoms with Crippen LogP contribution in [0.4, 0.5) is 13.6 Å². The number of carbonyl (C=O) groups is 1. The summed E-state index contributed by atoms with van der Waals surface area (Å²) in [5, 5.41) is 5.31. The molecular weight excluding hydrogens is 298 g/mol. The second kappa shape index (κ2) is 8.46. The molecule has 1 aliphatic rings. The van der Waals surface area contributed by atoms with Crippen LogP contribution in [0.15, 0.2) is 48.1 Å². The van der Waals surface area contributed by atoms with E-state index in [1.165, 1.54) is 11.6 Å². The lowest BCUT2D eigenvalue weighted by Crippen LogP contribution is -2.47. The molecule has 0 saturated heterocycles. The van der Waals surface area contributed by atoms with Crippen molar-refractivity contribution in [2.75, 3.05) is 13.2 Å². The summed E-state index contributed by atoms with van der Waals surface area (Å²) in [6.45, 7) is 1.38. The van der Waals surface area contributed by atoms with Crippen LogP contribution in [0.5, 0.6) is 0 Å². The Kier molecular flexibility index (Phi) is 6.32. The van der Waals surface area contributed by atoms with Gasteiger partial charge in [-0.25, -0.2) is 13.6 Å². The predicted molar refractivity (Wildman–Crippen MR) is 87.4 cm³/mol. The summed E-state index contributed by atoms with van der Waals surface area (Å²) in [5.41, 5.74) is 1.77. The molecule has 2 unspecified atom stereocenters. The smallest absolute Gasteiger partial charge is 0.315 e. The SMILES string of the molecule is CC1=CC=CC(C(Cc2ccccc2F)NC(=O)NCCF)C1. The molecule has 2 N–H and O–H groups in total. The number of rotatable bonds is 6. The van der Waals surface area contributed by atoms with E-state index in [0.717, 1.165) is 6.42 Å². The Morgan fingerprint density at radius 2 is 2.17 bits per heavy atom. The van der Waals surface area contributed by atoms with Gasteiger partial charge in [-0.05, 0) is 31.4 Å². The summed E-state index contributed by atoms with van der Waals surface area (Å²) in [5.74, 6) is -0.203. The highest BCUT2D eigenvalue weighted by molar-refractivity contribution is 5.74. The zero-order chi connectivity index (χ0) is 16.7. The van der Waals surface area contributed by atoms with Gasteiger partial charge >= 0.3 is 6.03 Å². The van der Waals surface area contributed by atoms with Crippen molar-refractivity contribution in [3.8, 4) is 0 Å². The minimum atomic E-state index is -0.615. The van der Waals surface area contributed by atoms with E-state index in [0.29, 0.717) is 12.0 Å². The third-order valence-corrected chi connectivity index (χ3v) is 3.91. The zero-order valence-corrected chi connectivity index (χ0v) is 13.2. The van der Waals surface area contributed by atoms with Gasteiger partial charge in [-0.1, -0.05) is 42.0 Å². The van der Waals surface area contributed by atoms with Gasteiger partial charge in [-0.15, -0.1) is 0 Å². The molecule has 0 fully saturated rings. The van der Waals surface area contributed by atoms with Crippen LogP contribution in [0.3, 0.4) is 0 Å². The molecule has 124 valence electrons. The summed E-state index contributed by atoms with van der Waals surface area (Å²) < 4.78 is 26.1. The zero-order valence-electron chi connectivity index (χ0n) is 13.2. The summed E-state index contributed by atoms with van der Waals surface area (Å²) in [6.07, 6.45) is 7.20. The van der Waals surface area contributed by atoms with E-state index >= 15 is 0 Å². The highest BCUT2D eigenvalue weighted by Gasteiger charge is 2.24. The van der Waals surface area contributed by atoms with Crippen molar-refractivity contribution in [1.82, 2.24) is 10.6 Å². The molecule has 0 spiro atoms. The lowest BCUT2D eigenvalue weighted by molar-refractivity contribution is 0.232. The van der Waals surface area contributed by atoms with Crippen LogP contribution in [0.25, 0.3) is 0 Å². The molecule has 5 heteroatoms. The average Bonchev–Trinajstić information content (AvgIpc) is 2.54. The fourth-order valence-electron chi connectivity index (χ4n) is 2.74. The number of hydrogen-bond donors (Lipinski definition) is 2. The molecule has 2 rings (SSSR count). The standard InChI is InChI=1S/C18H22F2N2O/c1-13-5-4-7-15(11-13)17(22-18(23)21-10-9-19)12-14-6-2-3-8-16(14)20/h2-8,15,17H,9-12H2,1H3,(H2,21,22,23). The Hall–Kier alpha value is -2.17. The monoisotopic (exact) mass is 320 g/mol. The fraction of sp³-hybridized carbons (Fsp3) is 0.389. The third kappa shape index (κ3) is 5.20. The van der Waals surface area contributed by atoms with Crippen LogP contribution >= 0.6 is 0 Å². The van der Waals surface area contributed by atoms with Gasteiger partial charge in [0.25, 0.3) is 0 Å². The Morgan fingerprint density at radius 3 is 2.87 bits per heavy atom. The largest absolute Gasteiger partial charge is 0.336 e. The van der Waals surface area contributed by atoms with Crippen molar-refractivity contribution in [1.29, 1.82) is 0 Å². The molecule has 0 aliphatic heterocycles. The van der Waals surface area contributed by atoms with Crippen molar-refractivity contribution in [3.63, 3.8) is 0 Å². The summed E-state index contributed by atoms with van der Waals surface area (Å²) in [7, 11) is 0. The van der Waals surface area contributed by atoms with Crippen LogP contribution in [-0.2, 0) is 6.42 Å². The Labute approximate surface area is 135 Å². The van der Waals surface area contributed by atoms with Crippen LogP contribution in [0.2, 0.25) is 0 Å². The van der Waals surface area contributed by atoms with Crippen molar-refractivity contribution >= 4 is 6.03 Å². The van der Waals surface area contributed by atoms with Gasteiger partial charge in [-0.3, -0.25) is 0 Å². The average molecular weight is 320 g/mol. The second-order valence-corrected chi connectivity index (χ2v) is 5.76. The van der Waals surface area contributed by atoms with Gasteiger partial charge in [0.2, 0.25) is 0 Å². The van der Waals surface area contributed by atoms with E-state index in [1.807, 2.05) is 25.2 Å². The predicted octanol–water partition coefficient (Wildman–Crippen LogP) is 3.53. The number of carbonyl (C=O) groups excluding carboxylic acids is 1. The number of urea groups is 1. The molecule has 0 saturated carbocycles. The number of hydrogen-bond acceptors (Lipinski definition) is 1. The maximum absolute atomic E-state index is 13.9. The number of nitrogens with one attached hydrogen (secondary N) is 2. The minimum Gasteiger partial charge on any atom is -0.336 e. The second-order valence-electron chi connectivity index (χ2n) is 5.76. The first kappa shape index (κ1) is 17.2. The fourth-order valence-corrected chi connectivity index (χ4v) is 2.74. The first-order valence-electron chi connectivity index (χ1n) is 7.78. The Bertz CT molecular complexity index is 598. The summed E-state index contributed by atoms with van der Waals surface area (Å²) in [4.78, 5) is 11.9. The molecular formula is C18H22F2N2O. The number of amides is 2. The lowest BCUT2D eigenvalue weighted by atomic mass is 9.85. The third-order valence-electron chi connectivity index (χ3n) is 3.91. The van der Waals surface area contributed by atoms with E-state index in [2.05, 4.69) is 10.6 Å². The van der Waals surface area contributed by atoms with Crippen LogP contribution in [-0.4, -0.2) is 25.3 Å². The molecule has 3 nitrogen and oxygen atoms in total. The molecule has 0 aromatic heterocycles. The normalized spacial score (nSPS) is 18.2. The quantitative estimate of drug-likeness (QED) is 0.827.